The van der Waals surface area contributed by atoms with Crippen LogP contribution in [0.1, 0.15) is 43.9 Å². The molecule has 1 heterocycles. The minimum Gasteiger partial charge on any atom is -0.457 e. The quantitative estimate of drug-likeness (QED) is 0.690. The number of sulfonamides is 1. The molecule has 0 amide bonds. The Labute approximate surface area is 174 Å². The molecule has 28 heavy (non-hydrogen) atoms. The summed E-state index contributed by atoms with van der Waals surface area (Å²) in [4.78, 5) is 4.50. The van der Waals surface area contributed by atoms with E-state index in [1.807, 2.05) is 12.1 Å². The predicted octanol–water partition coefficient (Wildman–Crippen LogP) is 3.60. The molecule has 0 bridgehead atoms. The number of benzene rings is 1. The maximum Gasteiger partial charge on any atom is 0.299 e. The van der Waals surface area contributed by atoms with E-state index in [4.69, 9.17) is 4.74 Å². The van der Waals surface area contributed by atoms with Gasteiger partial charge in [-0.25, -0.2) is 18.1 Å². The number of nitrogens with one attached hydrogen (secondary N) is 1. The Hall–Kier alpha value is -1.64. The minimum absolute atomic E-state index is 0.0328. The number of rotatable bonds is 5. The van der Waals surface area contributed by atoms with Crippen molar-refractivity contribution in [2.24, 2.45) is 4.99 Å². The number of aliphatic hydroxyl groups is 1. The van der Waals surface area contributed by atoms with Gasteiger partial charge in [0.2, 0.25) is 10.0 Å². The molecule has 1 fully saturated rings. The van der Waals surface area contributed by atoms with Gasteiger partial charge in [0, 0.05) is 11.1 Å². The van der Waals surface area contributed by atoms with Gasteiger partial charge in [-0.3, -0.25) is 0 Å². The van der Waals surface area contributed by atoms with E-state index < -0.39 is 20.9 Å². The molecule has 1 aromatic rings. The predicted molar refractivity (Wildman–Crippen MR) is 113 cm³/mol. The van der Waals surface area contributed by atoms with Crippen molar-refractivity contribution in [1.82, 2.24) is 4.72 Å². The van der Waals surface area contributed by atoms with Crippen molar-refractivity contribution in [1.29, 1.82) is 0 Å². The molecule has 6 nitrogen and oxygen atoms in total. The minimum atomic E-state index is -3.77. The first-order chi connectivity index (χ1) is 13.2. The lowest BCUT2D eigenvalue weighted by Crippen LogP contribution is -2.53. The molecule has 1 saturated heterocycles. The molecule has 1 aliphatic carbocycles. The molecular formula is C20H25BrN2O4S. The number of hydrogen-bond acceptors (Lipinski definition) is 5. The van der Waals surface area contributed by atoms with Gasteiger partial charge >= 0.3 is 0 Å². The molecule has 0 radical (unpaired) electrons. The second kappa shape index (κ2) is 8.39. The Morgan fingerprint density at radius 1 is 1.39 bits per heavy atom. The number of amidine groups is 1. The molecule has 0 aromatic heterocycles. The summed E-state index contributed by atoms with van der Waals surface area (Å²) >= 11 is 3.39. The lowest BCUT2D eigenvalue weighted by Gasteiger charge is -2.39. The molecule has 1 aliphatic heterocycles. The summed E-state index contributed by atoms with van der Waals surface area (Å²) in [5.74, 6) is 0. The first kappa shape index (κ1) is 21.1. The van der Waals surface area contributed by atoms with Crippen LogP contribution < -0.4 is 4.72 Å². The largest absolute Gasteiger partial charge is 0.457 e. The molecular weight excluding hydrogens is 444 g/mol. The summed E-state index contributed by atoms with van der Waals surface area (Å²) < 4.78 is 35.4. The average molecular weight is 469 g/mol. The molecule has 1 aromatic carbocycles. The van der Waals surface area contributed by atoms with Crippen molar-refractivity contribution in [3.05, 3.63) is 58.1 Å². The fourth-order valence-corrected chi connectivity index (χ4v) is 5.80. The van der Waals surface area contributed by atoms with Crippen LogP contribution in [0, 0.1) is 0 Å². The van der Waals surface area contributed by atoms with Crippen molar-refractivity contribution >= 4 is 32.0 Å². The summed E-state index contributed by atoms with van der Waals surface area (Å²) in [6.07, 6.45) is 8.36. The number of aliphatic imine (C=N–C) groups is 1. The SMILES string of the molecule is CC1(C)OC(=N[C@@H](CCO)C2=CCCC=C2)NS(=O)(=O)C1c1cccc(Br)c1. The number of nitrogens with zero attached hydrogens (tertiary/aromatic N) is 1. The monoisotopic (exact) mass is 468 g/mol. The second-order valence-electron chi connectivity index (χ2n) is 7.43. The zero-order valence-electron chi connectivity index (χ0n) is 15.9. The Kier molecular flexibility index (Phi) is 6.31. The van der Waals surface area contributed by atoms with E-state index in [-0.39, 0.29) is 18.7 Å². The van der Waals surface area contributed by atoms with Crippen molar-refractivity contribution in [2.75, 3.05) is 6.61 Å². The van der Waals surface area contributed by atoms with Crippen LogP contribution in [0.4, 0.5) is 0 Å². The first-order valence-corrected chi connectivity index (χ1v) is 11.6. The Morgan fingerprint density at radius 3 is 2.79 bits per heavy atom. The molecule has 2 atom stereocenters. The third-order valence-electron chi connectivity index (χ3n) is 4.77. The van der Waals surface area contributed by atoms with Gasteiger partial charge in [-0.15, -0.1) is 0 Å². The first-order valence-electron chi connectivity index (χ1n) is 9.24. The van der Waals surface area contributed by atoms with Crippen molar-refractivity contribution in [2.45, 2.75) is 50.0 Å². The van der Waals surface area contributed by atoms with Crippen LogP contribution in [0.25, 0.3) is 0 Å². The maximum atomic E-state index is 13.1. The lowest BCUT2D eigenvalue weighted by molar-refractivity contribution is 0.0761. The van der Waals surface area contributed by atoms with E-state index >= 15 is 0 Å². The number of hydrogen-bond donors (Lipinski definition) is 2. The highest BCUT2D eigenvalue weighted by Crippen LogP contribution is 2.39. The van der Waals surface area contributed by atoms with E-state index in [0.717, 1.165) is 22.9 Å². The average Bonchev–Trinajstić information content (AvgIpc) is 2.60. The highest BCUT2D eigenvalue weighted by molar-refractivity contribution is 9.10. The van der Waals surface area contributed by atoms with Crippen molar-refractivity contribution in [3.8, 4) is 0 Å². The van der Waals surface area contributed by atoms with Crippen molar-refractivity contribution < 1.29 is 18.3 Å². The number of halogens is 1. The van der Waals surface area contributed by atoms with Gasteiger partial charge in [-0.1, -0.05) is 46.3 Å². The van der Waals surface area contributed by atoms with Gasteiger partial charge in [0.05, 0.1) is 6.04 Å². The number of aliphatic hydroxyl groups excluding tert-OH is 1. The zero-order valence-corrected chi connectivity index (χ0v) is 18.3. The molecule has 152 valence electrons. The maximum absolute atomic E-state index is 13.1. The Morgan fingerprint density at radius 2 is 2.18 bits per heavy atom. The molecule has 1 unspecified atom stereocenters. The van der Waals surface area contributed by atoms with Crippen LogP contribution in [-0.4, -0.2) is 37.8 Å². The normalized spacial score (nSPS) is 25.5. The van der Waals surface area contributed by atoms with E-state index in [9.17, 15) is 13.5 Å². The Bertz CT molecular complexity index is 922. The van der Waals surface area contributed by atoms with E-state index in [2.05, 4.69) is 37.8 Å². The number of ether oxygens (including phenoxy) is 1. The van der Waals surface area contributed by atoms with E-state index in [1.54, 1.807) is 32.0 Å². The van der Waals surface area contributed by atoms with Gasteiger partial charge in [0.25, 0.3) is 6.02 Å². The van der Waals surface area contributed by atoms with Gasteiger partial charge < -0.3 is 9.84 Å². The summed E-state index contributed by atoms with van der Waals surface area (Å²) in [6, 6.07) is 6.80. The number of allylic oxidation sites excluding steroid dienone is 2. The highest BCUT2D eigenvalue weighted by Gasteiger charge is 2.48. The summed E-state index contributed by atoms with van der Waals surface area (Å²) in [6.45, 7) is 3.43. The van der Waals surface area contributed by atoms with Gasteiger partial charge in [0.1, 0.15) is 10.9 Å². The zero-order chi connectivity index (χ0) is 20.4. The highest BCUT2D eigenvalue weighted by atomic mass is 79.9. The van der Waals surface area contributed by atoms with Crippen LogP contribution in [0.5, 0.6) is 0 Å². The van der Waals surface area contributed by atoms with Crippen LogP contribution in [0.3, 0.4) is 0 Å². The Balaban J connectivity index is 1.94. The smallest absolute Gasteiger partial charge is 0.299 e. The molecule has 3 rings (SSSR count). The summed E-state index contributed by atoms with van der Waals surface area (Å²) in [5.41, 5.74) is 0.572. The van der Waals surface area contributed by atoms with Crippen LogP contribution in [-0.2, 0) is 14.8 Å². The molecule has 2 N–H and O–H groups in total. The van der Waals surface area contributed by atoms with E-state index in [1.165, 1.54) is 0 Å². The lowest BCUT2D eigenvalue weighted by atomic mass is 9.97. The van der Waals surface area contributed by atoms with Crippen LogP contribution >= 0.6 is 15.9 Å². The summed E-state index contributed by atoms with van der Waals surface area (Å²) in [7, 11) is -3.77. The topological polar surface area (TPSA) is 88.0 Å². The van der Waals surface area contributed by atoms with E-state index in [0.29, 0.717) is 12.0 Å². The standard InChI is InChI=1S/C20H25BrN2O4S/c1-20(2)18(15-9-6-10-16(21)13-15)28(25,26)23-19(27-20)22-17(11-12-24)14-7-4-3-5-8-14/h4,6-10,13,17-18,24H,3,5,11-12H2,1-2H3,(H,22,23)/t17-,18?/m0/s1. The van der Waals surface area contributed by atoms with Crippen LogP contribution in [0.15, 0.2) is 57.5 Å². The molecule has 0 spiro atoms. The van der Waals surface area contributed by atoms with Crippen molar-refractivity contribution in [3.63, 3.8) is 0 Å². The fourth-order valence-electron chi connectivity index (χ4n) is 3.63. The second-order valence-corrected chi connectivity index (χ2v) is 10.1. The third-order valence-corrected chi connectivity index (χ3v) is 7.18. The summed E-state index contributed by atoms with van der Waals surface area (Å²) in [5, 5.41) is 8.53. The third kappa shape index (κ3) is 4.67. The molecule has 0 saturated carbocycles. The van der Waals surface area contributed by atoms with Gasteiger partial charge in [0.15, 0.2) is 0 Å². The van der Waals surface area contributed by atoms with Gasteiger partial charge in [-0.05, 0) is 56.4 Å². The molecule has 2 aliphatic rings. The van der Waals surface area contributed by atoms with Crippen LogP contribution in [0.2, 0.25) is 0 Å². The van der Waals surface area contributed by atoms with Gasteiger partial charge in [-0.2, -0.15) is 0 Å². The molecule has 8 heteroatoms. The fraction of sp³-hybridized carbons (Fsp3) is 0.450.